The Hall–Kier alpha value is -1.63. The normalized spacial score (nSPS) is 10.1. The number of rotatable bonds is 4. The van der Waals surface area contributed by atoms with Gasteiger partial charge in [0, 0.05) is 27.9 Å². The Morgan fingerprint density at radius 1 is 1.17 bits per heavy atom. The van der Waals surface area contributed by atoms with Crippen molar-refractivity contribution in [1.29, 1.82) is 0 Å². The molecule has 2 aromatic carbocycles. The van der Waals surface area contributed by atoms with E-state index in [9.17, 15) is 10.1 Å². The Balaban J connectivity index is 2.08. The summed E-state index contributed by atoms with van der Waals surface area (Å²) in [6.07, 6.45) is 0. The molecule has 0 radical (unpaired) electrons. The van der Waals surface area contributed by atoms with Crippen LogP contribution in [-0.2, 0) is 6.54 Å². The lowest BCUT2D eigenvalue weighted by Crippen LogP contribution is -2.01. The average Bonchev–Trinajstić information content (AvgIpc) is 2.38. The minimum absolute atomic E-state index is 0.115. The second-order valence-electron chi connectivity index (χ2n) is 3.76. The van der Waals surface area contributed by atoms with Crippen LogP contribution in [0.3, 0.4) is 0 Å². The van der Waals surface area contributed by atoms with E-state index in [0.29, 0.717) is 6.54 Å². The van der Waals surface area contributed by atoms with Crippen LogP contribution in [0.2, 0.25) is 0 Å². The van der Waals surface area contributed by atoms with Crippen molar-refractivity contribution in [3.8, 4) is 0 Å². The lowest BCUT2D eigenvalue weighted by molar-refractivity contribution is -0.384. The predicted octanol–water partition coefficient (Wildman–Crippen LogP) is 3.81. The van der Waals surface area contributed by atoms with Crippen LogP contribution in [0.25, 0.3) is 0 Å². The second kappa shape index (κ2) is 5.81. The van der Waals surface area contributed by atoms with Crippen molar-refractivity contribution in [2.24, 2.45) is 0 Å². The molecule has 0 aliphatic heterocycles. The van der Waals surface area contributed by atoms with Gasteiger partial charge in [0.1, 0.15) is 0 Å². The van der Waals surface area contributed by atoms with Gasteiger partial charge in [-0.1, -0.05) is 30.3 Å². The molecule has 5 heteroatoms. The number of halogens is 1. The van der Waals surface area contributed by atoms with Crippen molar-refractivity contribution in [1.82, 2.24) is 0 Å². The number of anilines is 1. The van der Waals surface area contributed by atoms with E-state index in [1.807, 2.05) is 30.3 Å². The van der Waals surface area contributed by atoms with Crippen molar-refractivity contribution >= 4 is 34.0 Å². The van der Waals surface area contributed by atoms with Crippen LogP contribution in [0.1, 0.15) is 5.56 Å². The largest absolute Gasteiger partial charge is 0.380 e. The van der Waals surface area contributed by atoms with Gasteiger partial charge in [0.15, 0.2) is 0 Å². The Morgan fingerprint density at radius 3 is 2.50 bits per heavy atom. The molecule has 0 atom stereocenters. The Kier molecular flexibility index (Phi) is 4.14. The first-order valence-electron chi connectivity index (χ1n) is 5.38. The quantitative estimate of drug-likeness (QED) is 0.516. The number of nitrogens with one attached hydrogen (secondary N) is 1. The predicted molar refractivity (Wildman–Crippen MR) is 79.6 cm³/mol. The Morgan fingerprint density at radius 2 is 1.89 bits per heavy atom. The van der Waals surface area contributed by atoms with Crippen LogP contribution in [0.15, 0.2) is 48.5 Å². The van der Waals surface area contributed by atoms with E-state index >= 15 is 0 Å². The zero-order chi connectivity index (χ0) is 13.0. The van der Waals surface area contributed by atoms with E-state index < -0.39 is 0 Å². The van der Waals surface area contributed by atoms with Gasteiger partial charge in [0.05, 0.1) is 4.92 Å². The fourth-order valence-corrected chi connectivity index (χ4v) is 2.24. The fraction of sp³-hybridized carbons (Fsp3) is 0.0769. The van der Waals surface area contributed by atoms with Crippen molar-refractivity contribution in [2.45, 2.75) is 6.54 Å². The monoisotopic (exact) mass is 354 g/mol. The lowest BCUT2D eigenvalue weighted by Gasteiger charge is -2.08. The Labute approximate surface area is 118 Å². The molecule has 0 saturated carbocycles. The highest BCUT2D eigenvalue weighted by Crippen LogP contribution is 2.24. The van der Waals surface area contributed by atoms with Gasteiger partial charge in [0.25, 0.3) is 5.69 Å². The summed E-state index contributed by atoms with van der Waals surface area (Å²) in [5.41, 5.74) is 2.20. The molecule has 0 amide bonds. The third-order valence-electron chi connectivity index (χ3n) is 2.49. The average molecular weight is 354 g/mol. The standard InChI is InChI=1S/C13H11IN2O2/c14-12-8-11(16(17)18)6-7-13(12)15-9-10-4-2-1-3-5-10/h1-8,15H,9H2. The molecule has 2 aromatic rings. The highest BCUT2D eigenvalue weighted by atomic mass is 127. The highest BCUT2D eigenvalue weighted by Gasteiger charge is 2.08. The van der Waals surface area contributed by atoms with Crippen molar-refractivity contribution in [2.75, 3.05) is 5.32 Å². The SMILES string of the molecule is O=[N+]([O-])c1ccc(NCc2ccccc2)c(I)c1. The third kappa shape index (κ3) is 3.19. The topological polar surface area (TPSA) is 55.2 Å². The van der Waals surface area contributed by atoms with E-state index in [-0.39, 0.29) is 10.6 Å². The molecule has 1 N–H and O–H groups in total. The lowest BCUT2D eigenvalue weighted by atomic mass is 10.2. The molecule has 2 rings (SSSR count). The smallest absolute Gasteiger partial charge is 0.270 e. The number of hydrogen-bond donors (Lipinski definition) is 1. The van der Waals surface area contributed by atoms with Crippen LogP contribution in [-0.4, -0.2) is 4.92 Å². The van der Waals surface area contributed by atoms with Crippen LogP contribution in [0, 0.1) is 13.7 Å². The van der Waals surface area contributed by atoms with Crippen LogP contribution < -0.4 is 5.32 Å². The first-order valence-corrected chi connectivity index (χ1v) is 6.46. The number of non-ortho nitro benzene ring substituents is 1. The fourth-order valence-electron chi connectivity index (χ4n) is 1.55. The Bertz CT molecular complexity index is 558. The van der Waals surface area contributed by atoms with Crippen LogP contribution >= 0.6 is 22.6 Å². The number of nitrogens with zero attached hydrogens (tertiary/aromatic N) is 1. The highest BCUT2D eigenvalue weighted by molar-refractivity contribution is 14.1. The molecular formula is C13H11IN2O2. The number of hydrogen-bond acceptors (Lipinski definition) is 3. The number of nitro benzene ring substituents is 1. The first kappa shape index (κ1) is 12.8. The summed E-state index contributed by atoms with van der Waals surface area (Å²) in [5, 5.41) is 13.9. The van der Waals surface area contributed by atoms with Crippen LogP contribution in [0.5, 0.6) is 0 Å². The van der Waals surface area contributed by atoms with Crippen molar-refractivity contribution in [3.05, 3.63) is 67.8 Å². The molecule has 92 valence electrons. The summed E-state index contributed by atoms with van der Waals surface area (Å²) in [6, 6.07) is 14.8. The molecule has 0 fully saturated rings. The summed E-state index contributed by atoms with van der Waals surface area (Å²) in [4.78, 5) is 10.2. The van der Waals surface area contributed by atoms with Crippen LogP contribution in [0.4, 0.5) is 11.4 Å². The summed E-state index contributed by atoms with van der Waals surface area (Å²) in [7, 11) is 0. The summed E-state index contributed by atoms with van der Waals surface area (Å²) >= 11 is 2.10. The van der Waals surface area contributed by atoms with Crippen molar-refractivity contribution < 1.29 is 4.92 Å². The zero-order valence-electron chi connectivity index (χ0n) is 9.47. The van der Waals surface area contributed by atoms with Crippen molar-refractivity contribution in [3.63, 3.8) is 0 Å². The minimum atomic E-state index is -0.386. The first-order chi connectivity index (χ1) is 8.66. The zero-order valence-corrected chi connectivity index (χ0v) is 11.6. The van der Waals surface area contributed by atoms with Gasteiger partial charge in [-0.15, -0.1) is 0 Å². The summed E-state index contributed by atoms with van der Waals surface area (Å²) in [6.45, 7) is 0.703. The van der Waals surface area contributed by atoms with E-state index in [1.165, 1.54) is 11.6 Å². The molecule has 0 aliphatic rings. The molecule has 0 aromatic heterocycles. The van der Waals surface area contributed by atoms with Gasteiger partial charge in [-0.05, 0) is 34.2 Å². The van der Waals surface area contributed by atoms with Gasteiger partial charge in [-0.2, -0.15) is 0 Å². The van der Waals surface area contributed by atoms with E-state index in [4.69, 9.17) is 0 Å². The van der Waals surface area contributed by atoms with Gasteiger partial charge in [-0.3, -0.25) is 10.1 Å². The van der Waals surface area contributed by atoms with Gasteiger partial charge in [-0.25, -0.2) is 0 Å². The maximum atomic E-state index is 10.6. The van der Waals surface area contributed by atoms with Gasteiger partial charge < -0.3 is 5.32 Å². The third-order valence-corrected chi connectivity index (χ3v) is 3.38. The molecule has 4 nitrogen and oxygen atoms in total. The molecular weight excluding hydrogens is 343 g/mol. The van der Waals surface area contributed by atoms with E-state index in [1.54, 1.807) is 12.1 Å². The molecule has 0 spiro atoms. The molecule has 0 heterocycles. The molecule has 0 bridgehead atoms. The molecule has 0 saturated heterocycles. The molecule has 0 unspecified atom stereocenters. The maximum absolute atomic E-state index is 10.6. The maximum Gasteiger partial charge on any atom is 0.270 e. The van der Waals surface area contributed by atoms with Gasteiger partial charge >= 0.3 is 0 Å². The summed E-state index contributed by atoms with van der Waals surface area (Å²) in [5.74, 6) is 0. The molecule has 0 aliphatic carbocycles. The second-order valence-corrected chi connectivity index (χ2v) is 4.92. The van der Waals surface area contributed by atoms with E-state index in [2.05, 4.69) is 27.9 Å². The van der Waals surface area contributed by atoms with Gasteiger partial charge in [0.2, 0.25) is 0 Å². The van der Waals surface area contributed by atoms with E-state index in [0.717, 1.165) is 9.26 Å². The number of benzene rings is 2. The molecule has 18 heavy (non-hydrogen) atoms. The number of nitro groups is 1. The minimum Gasteiger partial charge on any atom is -0.380 e. The summed E-state index contributed by atoms with van der Waals surface area (Å²) < 4.78 is 0.845.